The molecule has 0 radical (unpaired) electrons. The summed E-state index contributed by atoms with van der Waals surface area (Å²) < 4.78 is 13.0. The van der Waals surface area contributed by atoms with E-state index in [0.29, 0.717) is 47.4 Å². The molecule has 10 heteroatoms. The van der Waals surface area contributed by atoms with Crippen molar-refractivity contribution in [2.45, 2.75) is 44.8 Å². The van der Waals surface area contributed by atoms with Gasteiger partial charge in [-0.25, -0.2) is 0 Å². The van der Waals surface area contributed by atoms with Crippen molar-refractivity contribution in [3.05, 3.63) is 100 Å². The number of nitrogens with one attached hydrogen (secondary N) is 1. The summed E-state index contributed by atoms with van der Waals surface area (Å²) in [4.78, 5) is 40.2. The number of carbonyl (C=O) groups excluding carboxylic acids is 2. The minimum Gasteiger partial charge on any atom is -0.497 e. The molecule has 1 aliphatic carbocycles. The fourth-order valence-corrected chi connectivity index (χ4v) is 5.06. The summed E-state index contributed by atoms with van der Waals surface area (Å²) in [5, 5.41) is 11.4. The monoisotopic (exact) mass is 565 g/mol. The van der Waals surface area contributed by atoms with Crippen molar-refractivity contribution in [1.82, 2.24) is 25.0 Å². The van der Waals surface area contributed by atoms with E-state index in [4.69, 9.17) is 9.47 Å². The summed E-state index contributed by atoms with van der Waals surface area (Å²) in [5.41, 5.74) is 3.36. The molecular weight excluding hydrogens is 534 g/mol. The predicted octanol–water partition coefficient (Wildman–Crippen LogP) is 3.96. The number of amides is 2. The zero-order chi connectivity index (χ0) is 29.2. The molecule has 1 saturated heterocycles. The number of hydrogen-bond acceptors (Lipinski definition) is 7. The van der Waals surface area contributed by atoms with E-state index in [2.05, 4.69) is 15.5 Å². The Morgan fingerprint density at radius 2 is 1.79 bits per heavy atom. The Kier molecular flexibility index (Phi) is 7.43. The molecule has 0 spiro atoms. The van der Waals surface area contributed by atoms with Crippen LogP contribution in [0.2, 0.25) is 0 Å². The van der Waals surface area contributed by atoms with E-state index in [0.717, 1.165) is 29.8 Å². The molecule has 10 nitrogen and oxygen atoms in total. The molecule has 1 unspecified atom stereocenters. The van der Waals surface area contributed by atoms with Crippen LogP contribution in [0.3, 0.4) is 0 Å². The highest BCUT2D eigenvalue weighted by molar-refractivity contribution is 5.95. The maximum absolute atomic E-state index is 13.2. The maximum Gasteiger partial charge on any atom is 0.254 e. The number of likely N-dealkylation sites (tertiary alicyclic amines) is 1. The summed E-state index contributed by atoms with van der Waals surface area (Å²) in [6.45, 7) is 2.65. The van der Waals surface area contributed by atoms with Gasteiger partial charge in [-0.05, 0) is 74.4 Å². The second kappa shape index (κ2) is 11.5. The number of methoxy groups -OCH3 is 1. The summed E-state index contributed by atoms with van der Waals surface area (Å²) in [6.07, 6.45) is 4.03. The summed E-state index contributed by atoms with van der Waals surface area (Å²) >= 11 is 0. The van der Waals surface area contributed by atoms with E-state index >= 15 is 0 Å². The van der Waals surface area contributed by atoms with Crippen molar-refractivity contribution in [2.75, 3.05) is 13.7 Å². The molecule has 42 heavy (non-hydrogen) atoms. The van der Waals surface area contributed by atoms with Crippen molar-refractivity contribution in [3.8, 4) is 28.5 Å². The number of aromatic nitrogens is 3. The lowest BCUT2D eigenvalue weighted by Gasteiger charge is -2.17. The lowest BCUT2D eigenvalue weighted by atomic mass is 10.1. The molecular formula is C32H31N5O5. The van der Waals surface area contributed by atoms with Gasteiger partial charge in [0.25, 0.3) is 11.5 Å². The van der Waals surface area contributed by atoms with Crippen molar-refractivity contribution in [2.24, 2.45) is 0 Å². The van der Waals surface area contributed by atoms with Crippen molar-refractivity contribution < 1.29 is 19.1 Å². The number of carbonyl (C=O) groups is 2. The van der Waals surface area contributed by atoms with Gasteiger partial charge in [0, 0.05) is 48.0 Å². The van der Waals surface area contributed by atoms with Crippen LogP contribution in [-0.2, 0) is 11.3 Å². The van der Waals surface area contributed by atoms with Crippen LogP contribution in [0.1, 0.15) is 40.9 Å². The van der Waals surface area contributed by atoms with E-state index in [-0.39, 0.29) is 30.0 Å². The molecule has 0 bridgehead atoms. The lowest BCUT2D eigenvalue weighted by Crippen LogP contribution is -2.37. The molecule has 1 N–H and O–H groups in total. The average Bonchev–Trinajstić information content (AvgIpc) is 3.77. The van der Waals surface area contributed by atoms with Crippen LogP contribution in [0.4, 0.5) is 0 Å². The van der Waals surface area contributed by atoms with Gasteiger partial charge in [-0.1, -0.05) is 6.07 Å². The molecule has 1 aliphatic heterocycles. The number of hydrogen-bond donors (Lipinski definition) is 1. The van der Waals surface area contributed by atoms with Gasteiger partial charge in [-0.3, -0.25) is 14.4 Å². The van der Waals surface area contributed by atoms with Gasteiger partial charge in [0.05, 0.1) is 31.1 Å². The van der Waals surface area contributed by atoms with Gasteiger partial charge in [-0.2, -0.15) is 10.2 Å². The first-order valence-corrected chi connectivity index (χ1v) is 13.9. The van der Waals surface area contributed by atoms with Gasteiger partial charge >= 0.3 is 0 Å². The van der Waals surface area contributed by atoms with Gasteiger partial charge in [-0.15, -0.1) is 0 Å². The van der Waals surface area contributed by atoms with Crippen LogP contribution in [0, 0.1) is 6.92 Å². The van der Waals surface area contributed by atoms with Gasteiger partial charge in [0.15, 0.2) is 0 Å². The first-order valence-electron chi connectivity index (χ1n) is 13.9. The van der Waals surface area contributed by atoms with Crippen LogP contribution < -0.4 is 20.3 Å². The Bertz CT molecular complexity index is 1680. The highest BCUT2D eigenvalue weighted by Crippen LogP contribution is 2.32. The smallest absolute Gasteiger partial charge is 0.254 e. The first kappa shape index (κ1) is 27.2. The van der Waals surface area contributed by atoms with Crippen LogP contribution in [0.25, 0.3) is 11.3 Å². The van der Waals surface area contributed by atoms with Crippen LogP contribution in [-0.4, -0.2) is 57.2 Å². The largest absolute Gasteiger partial charge is 0.497 e. The zero-order valence-electron chi connectivity index (χ0n) is 23.4. The standard InChI is InChI=1S/C32H31N5O5/c1-20-3-12-28(35-34-20)21-6-10-26(11-7-21)42-29-15-22(32(40)33-24-16-31(39)37(19-24)25-8-9-25)4-5-23(29)18-36-14-13-27(41-2)17-30(36)38/h3-7,10-15,17,24-25H,8-9,16,18-19H2,1-2H3,(H,33,40). The zero-order valence-corrected chi connectivity index (χ0v) is 23.4. The normalized spacial score (nSPS) is 16.4. The number of pyridine rings is 1. The van der Waals surface area contributed by atoms with Gasteiger partial charge in [0.2, 0.25) is 5.91 Å². The molecule has 2 aromatic carbocycles. The summed E-state index contributed by atoms with van der Waals surface area (Å²) in [6, 6.07) is 19.6. The Labute approximate surface area is 242 Å². The number of ether oxygens (including phenoxy) is 2. The third-order valence-electron chi connectivity index (χ3n) is 7.53. The van der Waals surface area contributed by atoms with Crippen molar-refractivity contribution >= 4 is 11.8 Å². The third-order valence-corrected chi connectivity index (χ3v) is 7.53. The Morgan fingerprint density at radius 1 is 0.976 bits per heavy atom. The maximum atomic E-state index is 13.2. The first-order chi connectivity index (χ1) is 20.4. The van der Waals surface area contributed by atoms with Gasteiger partial charge in [0.1, 0.15) is 17.2 Å². The van der Waals surface area contributed by atoms with E-state index in [1.165, 1.54) is 13.2 Å². The molecule has 1 saturated carbocycles. The van der Waals surface area contributed by atoms with E-state index in [9.17, 15) is 14.4 Å². The molecule has 4 aromatic rings. The Balaban J connectivity index is 1.25. The highest BCUT2D eigenvalue weighted by Gasteiger charge is 2.39. The number of benzene rings is 2. The van der Waals surface area contributed by atoms with Gasteiger partial charge < -0.3 is 24.3 Å². The van der Waals surface area contributed by atoms with Crippen LogP contribution in [0.5, 0.6) is 17.2 Å². The quantitative estimate of drug-likeness (QED) is 0.327. The molecule has 2 aromatic heterocycles. The minimum atomic E-state index is -0.281. The summed E-state index contributed by atoms with van der Waals surface area (Å²) in [7, 11) is 1.51. The molecule has 2 aliphatic rings. The van der Waals surface area contributed by atoms with E-state index in [1.54, 1.807) is 35.0 Å². The highest BCUT2D eigenvalue weighted by atomic mass is 16.5. The topological polar surface area (TPSA) is 116 Å². The fraction of sp³-hybridized carbons (Fsp3) is 0.281. The molecule has 214 valence electrons. The van der Waals surface area contributed by atoms with E-state index in [1.807, 2.05) is 48.2 Å². The second-order valence-corrected chi connectivity index (χ2v) is 10.7. The van der Waals surface area contributed by atoms with Crippen LogP contribution >= 0.6 is 0 Å². The number of aryl methyl sites for hydroxylation is 1. The molecule has 3 heterocycles. The molecule has 1 atom stereocenters. The second-order valence-electron chi connectivity index (χ2n) is 10.7. The SMILES string of the molecule is COc1ccn(Cc2ccc(C(=O)NC3CC(=O)N(C4CC4)C3)cc2Oc2ccc(-c3ccc(C)nn3)cc2)c(=O)c1. The van der Waals surface area contributed by atoms with E-state index < -0.39 is 0 Å². The molecule has 2 fully saturated rings. The van der Waals surface area contributed by atoms with Crippen molar-refractivity contribution in [1.29, 1.82) is 0 Å². The minimum absolute atomic E-state index is 0.0900. The Morgan fingerprint density at radius 3 is 2.48 bits per heavy atom. The van der Waals surface area contributed by atoms with Crippen LogP contribution in [0.15, 0.2) is 77.7 Å². The lowest BCUT2D eigenvalue weighted by molar-refractivity contribution is -0.128. The molecule has 2 amide bonds. The predicted molar refractivity (Wildman–Crippen MR) is 156 cm³/mol. The Hall–Kier alpha value is -4.99. The van der Waals surface area contributed by atoms with Crippen molar-refractivity contribution in [3.63, 3.8) is 0 Å². The summed E-state index contributed by atoms with van der Waals surface area (Å²) in [5.74, 6) is 1.28. The third kappa shape index (κ3) is 6.02. The number of nitrogens with zero attached hydrogens (tertiary/aromatic N) is 4. The average molecular weight is 566 g/mol. The molecule has 6 rings (SSSR count). The number of rotatable bonds is 9. The fourth-order valence-electron chi connectivity index (χ4n) is 5.06.